The van der Waals surface area contributed by atoms with Gasteiger partial charge in [0.05, 0.1) is 0 Å². The summed E-state index contributed by atoms with van der Waals surface area (Å²) in [6.07, 6.45) is 3.04. The van der Waals surface area contributed by atoms with Crippen LogP contribution in [0.4, 0.5) is 9.93 Å². The maximum atomic E-state index is 11.8. The lowest BCUT2D eigenvalue weighted by Gasteiger charge is -2.06. The van der Waals surface area contributed by atoms with E-state index in [4.69, 9.17) is 0 Å². The van der Waals surface area contributed by atoms with E-state index in [1.54, 1.807) is 0 Å². The van der Waals surface area contributed by atoms with Gasteiger partial charge in [0.25, 0.3) is 5.91 Å². The number of carbonyl (C=O) groups excluding carboxylic acids is 2. The Labute approximate surface area is 108 Å². The molecule has 1 saturated heterocycles. The first-order valence-corrected chi connectivity index (χ1v) is 6.68. The normalized spacial score (nSPS) is 18.3. The van der Waals surface area contributed by atoms with Gasteiger partial charge in [-0.2, -0.15) is 0 Å². The van der Waals surface area contributed by atoms with Gasteiger partial charge in [-0.15, -0.1) is 10.2 Å². The van der Waals surface area contributed by atoms with Crippen LogP contribution in [0.15, 0.2) is 0 Å². The zero-order valence-electron chi connectivity index (χ0n) is 10.0. The molecule has 98 valence electrons. The van der Waals surface area contributed by atoms with Gasteiger partial charge in [0, 0.05) is 13.0 Å². The van der Waals surface area contributed by atoms with Crippen molar-refractivity contribution in [2.24, 2.45) is 0 Å². The zero-order chi connectivity index (χ0) is 13.0. The third-order valence-electron chi connectivity index (χ3n) is 2.53. The number of anilines is 1. The molecule has 0 saturated carbocycles. The van der Waals surface area contributed by atoms with E-state index in [9.17, 15) is 9.59 Å². The van der Waals surface area contributed by atoms with Gasteiger partial charge in [-0.3, -0.25) is 10.1 Å². The van der Waals surface area contributed by atoms with Crippen LogP contribution in [0.3, 0.4) is 0 Å². The fraction of sp³-hybridized carbons (Fsp3) is 0.600. The molecule has 3 N–H and O–H groups in total. The number of rotatable bonds is 5. The highest BCUT2D eigenvalue weighted by Gasteiger charge is 2.27. The number of urea groups is 1. The maximum absolute atomic E-state index is 11.8. The summed E-state index contributed by atoms with van der Waals surface area (Å²) in [6, 6.07) is -0.864. The summed E-state index contributed by atoms with van der Waals surface area (Å²) >= 11 is 1.37. The fourth-order valence-electron chi connectivity index (χ4n) is 1.54. The lowest BCUT2D eigenvalue weighted by atomic mass is 10.3. The van der Waals surface area contributed by atoms with Crippen molar-refractivity contribution in [1.29, 1.82) is 0 Å². The van der Waals surface area contributed by atoms with Gasteiger partial charge < -0.3 is 10.6 Å². The quantitative estimate of drug-likeness (QED) is 0.725. The smallest absolute Gasteiger partial charge is 0.315 e. The molecule has 1 aliphatic rings. The summed E-state index contributed by atoms with van der Waals surface area (Å²) in [6.45, 7) is 2.41. The Bertz CT molecular complexity index is 447. The van der Waals surface area contributed by atoms with E-state index in [0.717, 1.165) is 24.3 Å². The van der Waals surface area contributed by atoms with Crippen molar-refractivity contribution in [3.8, 4) is 0 Å². The molecule has 0 unspecified atom stereocenters. The van der Waals surface area contributed by atoms with E-state index in [2.05, 4.69) is 33.1 Å². The number of amides is 3. The molecule has 1 fully saturated rings. The predicted molar refractivity (Wildman–Crippen MR) is 67.5 cm³/mol. The summed E-state index contributed by atoms with van der Waals surface area (Å²) in [5, 5.41) is 17.0. The maximum Gasteiger partial charge on any atom is 0.315 e. The highest BCUT2D eigenvalue weighted by atomic mass is 32.1. The Morgan fingerprint density at radius 2 is 2.39 bits per heavy atom. The van der Waals surface area contributed by atoms with Crippen LogP contribution in [0.25, 0.3) is 0 Å². The molecule has 1 aromatic heterocycles. The molecule has 0 radical (unpaired) electrons. The SMILES string of the molecule is CCCCc1nnc(NC(=O)[C@@H]2CNC(=O)N2)s1. The molecule has 2 rings (SSSR count). The predicted octanol–water partition coefficient (Wildman–Crippen LogP) is 0.501. The van der Waals surface area contributed by atoms with Crippen LogP contribution in [-0.2, 0) is 11.2 Å². The molecule has 1 aliphatic heterocycles. The Hall–Kier alpha value is -1.70. The van der Waals surface area contributed by atoms with Crippen molar-refractivity contribution in [3.05, 3.63) is 5.01 Å². The highest BCUT2D eigenvalue weighted by molar-refractivity contribution is 7.15. The van der Waals surface area contributed by atoms with Crippen molar-refractivity contribution >= 4 is 28.4 Å². The Morgan fingerprint density at radius 1 is 1.56 bits per heavy atom. The first-order valence-electron chi connectivity index (χ1n) is 5.86. The monoisotopic (exact) mass is 269 g/mol. The van der Waals surface area contributed by atoms with Gasteiger partial charge in [0.15, 0.2) is 0 Å². The third-order valence-corrected chi connectivity index (χ3v) is 3.43. The fourth-order valence-corrected chi connectivity index (χ4v) is 2.32. The van der Waals surface area contributed by atoms with Crippen molar-refractivity contribution in [2.45, 2.75) is 32.2 Å². The number of hydrogen-bond donors (Lipinski definition) is 3. The van der Waals surface area contributed by atoms with E-state index < -0.39 is 6.04 Å². The van der Waals surface area contributed by atoms with Gasteiger partial charge in [0.2, 0.25) is 5.13 Å². The topological polar surface area (TPSA) is 96.0 Å². The molecule has 0 bridgehead atoms. The third kappa shape index (κ3) is 3.16. The summed E-state index contributed by atoms with van der Waals surface area (Å²) in [7, 11) is 0. The number of carbonyl (C=O) groups is 2. The lowest BCUT2D eigenvalue weighted by Crippen LogP contribution is -2.38. The average Bonchev–Trinajstić information content (AvgIpc) is 2.96. The second-order valence-electron chi connectivity index (χ2n) is 4.00. The molecule has 18 heavy (non-hydrogen) atoms. The molecular weight excluding hydrogens is 254 g/mol. The Balaban J connectivity index is 1.87. The van der Waals surface area contributed by atoms with Crippen molar-refractivity contribution in [1.82, 2.24) is 20.8 Å². The average molecular weight is 269 g/mol. The van der Waals surface area contributed by atoms with Gasteiger partial charge in [-0.25, -0.2) is 4.79 Å². The summed E-state index contributed by atoms with van der Waals surface area (Å²) in [4.78, 5) is 22.7. The minimum atomic E-state index is -0.541. The molecule has 1 atom stereocenters. The second kappa shape index (κ2) is 5.76. The zero-order valence-corrected chi connectivity index (χ0v) is 10.8. The number of aromatic nitrogens is 2. The minimum Gasteiger partial charge on any atom is -0.336 e. The molecule has 3 amide bonds. The van der Waals surface area contributed by atoms with Gasteiger partial charge in [-0.1, -0.05) is 24.7 Å². The van der Waals surface area contributed by atoms with Crippen LogP contribution < -0.4 is 16.0 Å². The molecule has 0 aromatic carbocycles. The Morgan fingerprint density at radius 3 is 3.06 bits per heavy atom. The van der Waals surface area contributed by atoms with Crippen LogP contribution in [0.5, 0.6) is 0 Å². The number of unbranched alkanes of at least 4 members (excludes halogenated alkanes) is 1. The van der Waals surface area contributed by atoms with E-state index in [1.807, 2.05) is 0 Å². The lowest BCUT2D eigenvalue weighted by molar-refractivity contribution is -0.117. The summed E-state index contributed by atoms with van der Waals surface area (Å²) < 4.78 is 0. The van der Waals surface area contributed by atoms with Crippen molar-refractivity contribution < 1.29 is 9.59 Å². The van der Waals surface area contributed by atoms with Crippen LogP contribution >= 0.6 is 11.3 Å². The molecule has 1 aromatic rings. The molecule has 7 nitrogen and oxygen atoms in total. The minimum absolute atomic E-state index is 0.272. The Kier molecular flexibility index (Phi) is 4.08. The number of aryl methyl sites for hydroxylation is 1. The highest BCUT2D eigenvalue weighted by Crippen LogP contribution is 2.17. The van der Waals surface area contributed by atoms with E-state index in [1.165, 1.54) is 11.3 Å². The van der Waals surface area contributed by atoms with Crippen LogP contribution in [0.2, 0.25) is 0 Å². The number of hydrogen-bond acceptors (Lipinski definition) is 5. The van der Waals surface area contributed by atoms with Crippen molar-refractivity contribution in [3.63, 3.8) is 0 Å². The van der Waals surface area contributed by atoms with Crippen LogP contribution in [-0.4, -0.2) is 34.7 Å². The van der Waals surface area contributed by atoms with Gasteiger partial charge in [0.1, 0.15) is 11.0 Å². The van der Waals surface area contributed by atoms with E-state index in [0.29, 0.717) is 11.7 Å². The standard InChI is InChI=1S/C10H15N5O2S/c1-2-3-4-7-14-15-10(18-7)13-8(16)6-5-11-9(17)12-6/h6H,2-5H2,1H3,(H2,11,12,17)(H,13,15,16)/t6-/m0/s1. The summed E-state index contributed by atoms with van der Waals surface area (Å²) in [5.74, 6) is -0.272. The second-order valence-corrected chi connectivity index (χ2v) is 5.06. The summed E-state index contributed by atoms with van der Waals surface area (Å²) in [5.41, 5.74) is 0. The first kappa shape index (κ1) is 12.7. The molecular formula is C10H15N5O2S. The van der Waals surface area contributed by atoms with Gasteiger partial charge in [-0.05, 0) is 6.42 Å². The molecule has 0 spiro atoms. The van der Waals surface area contributed by atoms with E-state index in [-0.39, 0.29) is 11.9 Å². The molecule has 2 heterocycles. The largest absolute Gasteiger partial charge is 0.336 e. The van der Waals surface area contributed by atoms with Crippen LogP contribution in [0, 0.1) is 0 Å². The molecule has 8 heteroatoms. The van der Waals surface area contributed by atoms with Crippen LogP contribution in [0.1, 0.15) is 24.8 Å². The first-order chi connectivity index (χ1) is 8.69. The molecule has 0 aliphatic carbocycles. The number of nitrogens with one attached hydrogen (secondary N) is 3. The van der Waals surface area contributed by atoms with Crippen molar-refractivity contribution in [2.75, 3.05) is 11.9 Å². The van der Waals surface area contributed by atoms with E-state index >= 15 is 0 Å². The van der Waals surface area contributed by atoms with Gasteiger partial charge >= 0.3 is 6.03 Å². The number of nitrogens with zero attached hydrogens (tertiary/aromatic N) is 2.